The second-order valence-corrected chi connectivity index (χ2v) is 7.01. The summed E-state index contributed by atoms with van der Waals surface area (Å²) in [5, 5.41) is 30.6. The number of halogens is 4. The van der Waals surface area contributed by atoms with Crippen molar-refractivity contribution >= 4 is 41.3 Å². The molecule has 0 saturated carbocycles. The minimum atomic E-state index is -0.925. The highest BCUT2D eigenvalue weighted by molar-refractivity contribution is 7.80. The number of hydrogen-bond acceptors (Lipinski definition) is 8. The number of aliphatic hydroxyl groups is 1. The minimum absolute atomic E-state index is 0.0991. The van der Waals surface area contributed by atoms with Gasteiger partial charge in [-0.1, -0.05) is 0 Å². The van der Waals surface area contributed by atoms with Gasteiger partial charge in [0.15, 0.2) is 5.11 Å². The fourth-order valence-corrected chi connectivity index (χ4v) is 2.76. The van der Waals surface area contributed by atoms with E-state index in [0.717, 1.165) is 37.0 Å². The third-order valence-electron chi connectivity index (χ3n) is 3.97. The number of H-pyrrole nitrogens is 2. The van der Waals surface area contributed by atoms with E-state index in [2.05, 4.69) is 25.7 Å². The number of carbonyl (C=O) groups excluding carboxylic acids is 1. The van der Waals surface area contributed by atoms with Gasteiger partial charge in [0.05, 0.1) is 29.6 Å². The molecule has 1 heterocycles. The number of aromatic amines is 2. The Morgan fingerprint density at radius 1 is 0.974 bits per heavy atom. The van der Waals surface area contributed by atoms with Crippen LogP contribution in [-0.4, -0.2) is 45.3 Å². The van der Waals surface area contributed by atoms with E-state index in [9.17, 15) is 27.2 Å². The molecule has 1 aromatic heterocycles. The Labute approximate surface area is 221 Å². The number of rotatable bonds is 2. The van der Waals surface area contributed by atoms with Gasteiger partial charge in [-0.3, -0.25) is 10.5 Å². The maximum absolute atomic E-state index is 13.6. The molecule has 12 nitrogen and oxygen atoms in total. The lowest BCUT2D eigenvalue weighted by Crippen LogP contribution is -2.43. The van der Waals surface area contributed by atoms with E-state index in [1.54, 1.807) is 0 Å². The Morgan fingerprint density at radius 2 is 1.53 bits per heavy atom. The number of benzene rings is 2. The number of ether oxygens (including phenoxy) is 1. The van der Waals surface area contributed by atoms with Gasteiger partial charge in [-0.15, -0.1) is 0 Å². The van der Waals surface area contributed by atoms with E-state index in [0.29, 0.717) is 6.07 Å². The second-order valence-electron chi connectivity index (χ2n) is 6.21. The fourth-order valence-electron chi connectivity index (χ4n) is 2.36. The summed E-state index contributed by atoms with van der Waals surface area (Å²) in [6, 6.07) is 5.95. The van der Waals surface area contributed by atoms with Crippen molar-refractivity contribution in [2.24, 2.45) is 0 Å². The molecule has 0 aliphatic carbocycles. The Bertz CT molecular complexity index is 1500. The third-order valence-corrected chi connectivity index (χ3v) is 4.46. The first-order valence-electron chi connectivity index (χ1n) is 9.56. The molecule has 0 aliphatic rings. The van der Waals surface area contributed by atoms with E-state index in [-0.39, 0.29) is 21.3 Å². The molecule has 2 aromatic carbocycles. The van der Waals surface area contributed by atoms with Crippen molar-refractivity contribution in [2.45, 2.75) is 0 Å². The summed E-state index contributed by atoms with van der Waals surface area (Å²) < 4.78 is 58.6. The molecule has 0 spiro atoms. The predicted molar refractivity (Wildman–Crippen MR) is 130 cm³/mol. The lowest BCUT2D eigenvalue weighted by molar-refractivity contribution is 0.169. The van der Waals surface area contributed by atoms with Gasteiger partial charge < -0.3 is 15.2 Å². The van der Waals surface area contributed by atoms with E-state index < -0.39 is 46.2 Å². The highest BCUT2D eigenvalue weighted by Crippen LogP contribution is 2.19. The molecule has 0 saturated heterocycles. The number of aliphatic hydroxyl groups excluding tert-OH is 1. The van der Waals surface area contributed by atoms with E-state index >= 15 is 0 Å². The number of methoxy groups -OCH3 is 1. The lowest BCUT2D eigenvalue weighted by atomic mass is 10.2. The summed E-state index contributed by atoms with van der Waals surface area (Å²) in [5.74, 6) is -3.59. The molecule has 200 valence electrons. The van der Waals surface area contributed by atoms with Crippen LogP contribution in [0.2, 0.25) is 0 Å². The average molecular weight is 573 g/mol. The highest BCUT2D eigenvalue weighted by atomic mass is 32.1. The second kappa shape index (κ2) is 14.7. The van der Waals surface area contributed by atoms with Gasteiger partial charge in [-0.2, -0.15) is 10.5 Å². The Balaban J connectivity index is 0.000000358. The van der Waals surface area contributed by atoms with Crippen LogP contribution in [0.4, 0.5) is 28.0 Å². The number of amides is 1. The van der Waals surface area contributed by atoms with E-state index in [1.165, 1.54) is 12.1 Å². The summed E-state index contributed by atoms with van der Waals surface area (Å²) in [6.45, 7) is 0. The zero-order valence-corrected chi connectivity index (χ0v) is 20.8. The van der Waals surface area contributed by atoms with Crippen molar-refractivity contribution in [1.82, 2.24) is 25.6 Å². The smallest absolute Gasteiger partial charge is 0.425 e. The van der Waals surface area contributed by atoms with E-state index in [4.69, 9.17) is 40.1 Å². The molecular weight excluding hydrogens is 556 g/mol. The van der Waals surface area contributed by atoms with Crippen LogP contribution >= 0.6 is 24.4 Å². The molecular formula is C20H16F4N8O4S2. The molecule has 0 unspecified atom stereocenters. The summed E-state index contributed by atoms with van der Waals surface area (Å²) >= 11 is 9.46. The molecule has 38 heavy (non-hydrogen) atoms. The lowest BCUT2D eigenvalue weighted by Gasteiger charge is -2.11. The molecule has 0 atom stereocenters. The van der Waals surface area contributed by atoms with Crippen molar-refractivity contribution in [3.63, 3.8) is 0 Å². The van der Waals surface area contributed by atoms with Crippen molar-refractivity contribution < 1.29 is 32.2 Å². The first-order valence-corrected chi connectivity index (χ1v) is 10.4. The largest absolute Gasteiger partial charge is 0.452 e. The van der Waals surface area contributed by atoms with Crippen LogP contribution in [0.25, 0.3) is 5.69 Å². The molecule has 1 amide bonds. The molecule has 0 fully saturated rings. The topological polar surface area (TPSA) is 184 Å². The summed E-state index contributed by atoms with van der Waals surface area (Å²) in [5.41, 5.74) is 2.01. The van der Waals surface area contributed by atoms with Crippen molar-refractivity contribution in [3.05, 3.63) is 73.9 Å². The van der Waals surface area contributed by atoms with Crippen LogP contribution in [0.1, 0.15) is 11.1 Å². The Morgan fingerprint density at radius 3 is 2.03 bits per heavy atom. The summed E-state index contributed by atoms with van der Waals surface area (Å²) in [4.78, 5) is 22.0. The standard InChI is InChI=1S/C10H8F2N4O2S.C9H4F2N4OS.CH4O/c1-18-10(17)16-15-9(19)14-8-3-6(11)5(4-13)2-7(8)12;10-5-2-7(6(11)1-4(5)3-12)15-8(16)13-14-9(15)17;1-2/h2-3H,1H3,(H,16,17)(H2,14,15,19);1-2H,(H,13,16)(H,14,17);2H,1H3. The zero-order chi connectivity index (χ0) is 29.0. The van der Waals surface area contributed by atoms with Gasteiger partial charge in [-0.25, -0.2) is 42.2 Å². The average Bonchev–Trinajstić information content (AvgIpc) is 3.24. The minimum Gasteiger partial charge on any atom is -0.452 e. The van der Waals surface area contributed by atoms with Crippen LogP contribution < -0.4 is 21.9 Å². The number of anilines is 1. The van der Waals surface area contributed by atoms with Crippen LogP contribution in [-0.2, 0) is 4.74 Å². The maximum atomic E-state index is 13.6. The van der Waals surface area contributed by atoms with Crippen molar-refractivity contribution in [3.8, 4) is 17.8 Å². The molecule has 0 bridgehead atoms. The SMILES string of the molecule is CO.COC(=O)NNC(=S)Nc1cc(F)c(C#N)cc1F.N#Cc1cc(F)c(-n2c(=O)[nH][nH]c2=S)cc1F. The predicted octanol–water partition coefficient (Wildman–Crippen LogP) is 2.38. The molecule has 18 heteroatoms. The molecule has 6 N–H and O–H groups in total. The molecule has 3 aromatic rings. The van der Waals surface area contributed by atoms with E-state index in [1.807, 2.05) is 5.43 Å². The number of hydrazine groups is 1. The monoisotopic (exact) mass is 572 g/mol. The third kappa shape index (κ3) is 8.13. The van der Waals surface area contributed by atoms with Gasteiger partial charge in [0.2, 0.25) is 4.77 Å². The van der Waals surface area contributed by atoms with Crippen molar-refractivity contribution in [1.29, 1.82) is 10.5 Å². The van der Waals surface area contributed by atoms with Gasteiger partial charge in [0.1, 0.15) is 35.4 Å². The van der Waals surface area contributed by atoms with Gasteiger partial charge in [0.25, 0.3) is 0 Å². The van der Waals surface area contributed by atoms with Crippen LogP contribution in [0.5, 0.6) is 0 Å². The van der Waals surface area contributed by atoms with Crippen LogP contribution in [0, 0.1) is 50.7 Å². The number of nitrogens with one attached hydrogen (secondary N) is 5. The summed E-state index contributed by atoms with van der Waals surface area (Å²) in [6.07, 6.45) is -0.810. The van der Waals surface area contributed by atoms with Crippen LogP contribution in [0.3, 0.4) is 0 Å². The maximum Gasteiger partial charge on any atom is 0.425 e. The first-order chi connectivity index (χ1) is 18.0. The number of hydrogen-bond donors (Lipinski definition) is 6. The number of thiocarbonyl (C=S) groups is 1. The molecule has 0 aliphatic heterocycles. The zero-order valence-electron chi connectivity index (χ0n) is 19.2. The summed E-state index contributed by atoms with van der Waals surface area (Å²) in [7, 11) is 2.14. The number of nitriles is 2. The number of nitrogens with zero attached hydrogens (tertiary/aromatic N) is 3. The number of carbonyl (C=O) groups is 1. The van der Waals surface area contributed by atoms with Gasteiger partial charge in [-0.05, 0) is 36.6 Å². The Hall–Kier alpha value is -4.78. The fraction of sp³-hybridized carbons (Fsp3) is 0.100. The quantitative estimate of drug-likeness (QED) is 0.151. The first kappa shape index (κ1) is 31.3. The van der Waals surface area contributed by atoms with Crippen LogP contribution in [0.15, 0.2) is 29.1 Å². The normalized spacial score (nSPS) is 9.29. The number of aromatic nitrogens is 3. The van der Waals surface area contributed by atoms with Gasteiger partial charge >= 0.3 is 11.8 Å². The van der Waals surface area contributed by atoms with Crippen molar-refractivity contribution in [2.75, 3.05) is 19.5 Å². The Kier molecular flexibility index (Phi) is 12.1. The molecule has 0 radical (unpaired) electrons. The van der Waals surface area contributed by atoms with Gasteiger partial charge in [0, 0.05) is 19.2 Å². The highest BCUT2D eigenvalue weighted by Gasteiger charge is 2.14. The molecule has 3 rings (SSSR count).